The van der Waals surface area contributed by atoms with Gasteiger partial charge in [0.1, 0.15) is 0 Å². The lowest BCUT2D eigenvalue weighted by molar-refractivity contribution is 0.0430. The van der Waals surface area contributed by atoms with Gasteiger partial charge in [-0.2, -0.15) is 0 Å². The summed E-state index contributed by atoms with van der Waals surface area (Å²) in [5.74, 6) is 0. The van der Waals surface area contributed by atoms with E-state index in [0.29, 0.717) is 12.8 Å². The van der Waals surface area contributed by atoms with Crippen LogP contribution in [0.15, 0.2) is 54.0 Å². The second-order valence-corrected chi connectivity index (χ2v) is 4.44. The largest absolute Gasteiger partial charge is 0.385 e. The van der Waals surface area contributed by atoms with Crippen molar-refractivity contribution in [1.82, 2.24) is 0 Å². The van der Waals surface area contributed by atoms with Crippen LogP contribution in [0.4, 0.5) is 0 Å². The van der Waals surface area contributed by atoms with E-state index in [9.17, 15) is 5.11 Å². The van der Waals surface area contributed by atoms with Crippen LogP contribution in [0.25, 0.3) is 0 Å². The zero-order valence-corrected chi connectivity index (χ0v) is 10.2. The number of benzene rings is 1. The number of aliphatic hydroxyl groups is 1. The Bertz CT molecular complexity index is 330. The van der Waals surface area contributed by atoms with Crippen LogP contribution in [0.3, 0.4) is 0 Å². The fourth-order valence-corrected chi connectivity index (χ4v) is 1.82. The molecule has 0 aliphatic carbocycles. The average molecular weight is 267 g/mol. The minimum Gasteiger partial charge on any atom is -0.385 e. The molecule has 15 heavy (non-hydrogen) atoms. The average Bonchev–Trinajstić information content (AvgIpc) is 2.19. The van der Waals surface area contributed by atoms with Gasteiger partial charge in [-0.15, -0.1) is 13.2 Å². The highest BCUT2D eigenvalue weighted by molar-refractivity contribution is 9.10. The summed E-state index contributed by atoms with van der Waals surface area (Å²) in [5.41, 5.74) is 0.0231. The van der Waals surface area contributed by atoms with Crippen molar-refractivity contribution in [2.24, 2.45) is 0 Å². The van der Waals surface area contributed by atoms with Crippen LogP contribution in [-0.2, 0) is 5.60 Å². The Morgan fingerprint density at radius 3 is 2.00 bits per heavy atom. The van der Waals surface area contributed by atoms with Crippen LogP contribution in [0, 0.1) is 0 Å². The molecule has 0 fully saturated rings. The van der Waals surface area contributed by atoms with Crippen LogP contribution in [0.5, 0.6) is 0 Å². The van der Waals surface area contributed by atoms with Gasteiger partial charge in [-0.05, 0) is 30.5 Å². The van der Waals surface area contributed by atoms with E-state index in [-0.39, 0.29) is 0 Å². The third-order valence-electron chi connectivity index (χ3n) is 2.35. The summed E-state index contributed by atoms with van der Waals surface area (Å²) in [7, 11) is 0. The standard InChI is InChI=1S/C13H15BrO/c1-3-9-13(15,10-4-2)11-5-7-12(14)8-6-11/h3-8,15H,1-2,9-10H2. The Kier molecular flexibility index (Phi) is 4.30. The lowest BCUT2D eigenvalue weighted by Gasteiger charge is -2.26. The first-order valence-electron chi connectivity index (χ1n) is 4.82. The van der Waals surface area contributed by atoms with E-state index >= 15 is 0 Å². The predicted molar refractivity (Wildman–Crippen MR) is 67.7 cm³/mol. The zero-order chi connectivity index (χ0) is 11.3. The molecule has 1 nitrogen and oxygen atoms in total. The van der Waals surface area contributed by atoms with Crippen LogP contribution in [0.1, 0.15) is 18.4 Å². The van der Waals surface area contributed by atoms with Gasteiger partial charge in [0, 0.05) is 4.47 Å². The van der Waals surface area contributed by atoms with Gasteiger partial charge in [-0.25, -0.2) is 0 Å². The summed E-state index contributed by atoms with van der Waals surface area (Å²) in [5, 5.41) is 10.4. The molecule has 0 bridgehead atoms. The minimum absolute atomic E-state index is 0.528. The molecule has 80 valence electrons. The molecule has 0 saturated carbocycles. The second-order valence-electron chi connectivity index (χ2n) is 3.52. The van der Waals surface area contributed by atoms with Gasteiger partial charge in [-0.1, -0.05) is 40.2 Å². The van der Waals surface area contributed by atoms with Crippen molar-refractivity contribution in [1.29, 1.82) is 0 Å². The number of hydrogen-bond acceptors (Lipinski definition) is 1. The first-order chi connectivity index (χ1) is 7.12. The molecule has 1 rings (SSSR count). The van der Waals surface area contributed by atoms with Crippen LogP contribution in [0.2, 0.25) is 0 Å². The molecule has 0 heterocycles. The Balaban J connectivity index is 3.02. The summed E-state index contributed by atoms with van der Waals surface area (Å²) >= 11 is 3.37. The van der Waals surface area contributed by atoms with Crippen molar-refractivity contribution < 1.29 is 5.11 Å². The van der Waals surface area contributed by atoms with Crippen LogP contribution >= 0.6 is 15.9 Å². The highest BCUT2D eigenvalue weighted by Crippen LogP contribution is 2.30. The lowest BCUT2D eigenvalue weighted by Crippen LogP contribution is -2.23. The molecule has 0 amide bonds. The predicted octanol–water partition coefficient (Wildman–Crippen LogP) is 3.79. The molecule has 1 aromatic rings. The van der Waals surface area contributed by atoms with Gasteiger partial charge < -0.3 is 5.11 Å². The van der Waals surface area contributed by atoms with E-state index in [4.69, 9.17) is 0 Å². The Morgan fingerprint density at radius 1 is 1.13 bits per heavy atom. The van der Waals surface area contributed by atoms with Crippen LogP contribution < -0.4 is 0 Å². The quantitative estimate of drug-likeness (QED) is 0.805. The number of halogens is 1. The van der Waals surface area contributed by atoms with E-state index in [1.165, 1.54) is 0 Å². The minimum atomic E-state index is -0.871. The molecule has 0 unspecified atom stereocenters. The smallest absolute Gasteiger partial charge is 0.0964 e. The Morgan fingerprint density at radius 2 is 1.60 bits per heavy atom. The maximum Gasteiger partial charge on any atom is 0.0964 e. The van der Waals surface area contributed by atoms with E-state index in [2.05, 4.69) is 29.1 Å². The summed E-state index contributed by atoms with van der Waals surface area (Å²) in [4.78, 5) is 0. The first kappa shape index (κ1) is 12.2. The van der Waals surface area contributed by atoms with Gasteiger partial charge in [0.05, 0.1) is 5.60 Å². The van der Waals surface area contributed by atoms with Crippen molar-refractivity contribution in [2.75, 3.05) is 0 Å². The van der Waals surface area contributed by atoms with E-state index in [1.807, 2.05) is 24.3 Å². The van der Waals surface area contributed by atoms with Crippen molar-refractivity contribution in [2.45, 2.75) is 18.4 Å². The molecule has 0 saturated heterocycles. The monoisotopic (exact) mass is 266 g/mol. The molecule has 2 heteroatoms. The van der Waals surface area contributed by atoms with Crippen molar-refractivity contribution in [3.63, 3.8) is 0 Å². The molecular formula is C13H15BrO. The molecule has 0 spiro atoms. The Hall–Kier alpha value is -0.860. The third-order valence-corrected chi connectivity index (χ3v) is 2.87. The van der Waals surface area contributed by atoms with Gasteiger partial charge in [0.2, 0.25) is 0 Å². The van der Waals surface area contributed by atoms with Crippen molar-refractivity contribution in [3.05, 3.63) is 59.6 Å². The summed E-state index contributed by atoms with van der Waals surface area (Å²) in [6, 6.07) is 7.67. The molecule has 0 aliphatic heterocycles. The Labute approximate surface area is 99.3 Å². The topological polar surface area (TPSA) is 20.2 Å². The molecular weight excluding hydrogens is 252 g/mol. The SMILES string of the molecule is C=CCC(O)(CC=C)c1ccc(Br)cc1. The van der Waals surface area contributed by atoms with Crippen molar-refractivity contribution in [3.8, 4) is 0 Å². The molecule has 1 N–H and O–H groups in total. The van der Waals surface area contributed by atoms with Crippen molar-refractivity contribution >= 4 is 15.9 Å². The second kappa shape index (κ2) is 5.29. The third kappa shape index (κ3) is 3.05. The molecule has 0 radical (unpaired) electrons. The highest BCUT2D eigenvalue weighted by Gasteiger charge is 2.25. The molecule has 1 aromatic carbocycles. The van der Waals surface area contributed by atoms with Gasteiger partial charge in [-0.3, -0.25) is 0 Å². The van der Waals surface area contributed by atoms with E-state index in [1.54, 1.807) is 12.2 Å². The molecule has 0 aliphatic rings. The normalized spacial score (nSPS) is 11.1. The van der Waals surface area contributed by atoms with E-state index < -0.39 is 5.60 Å². The highest BCUT2D eigenvalue weighted by atomic mass is 79.9. The number of hydrogen-bond donors (Lipinski definition) is 1. The first-order valence-corrected chi connectivity index (χ1v) is 5.62. The molecule has 0 atom stereocenters. The lowest BCUT2D eigenvalue weighted by atomic mass is 9.87. The van der Waals surface area contributed by atoms with Gasteiger partial charge in [0.15, 0.2) is 0 Å². The number of rotatable bonds is 5. The van der Waals surface area contributed by atoms with Gasteiger partial charge >= 0.3 is 0 Å². The molecule has 0 aromatic heterocycles. The fourth-order valence-electron chi connectivity index (χ4n) is 1.56. The fraction of sp³-hybridized carbons (Fsp3) is 0.231. The maximum atomic E-state index is 10.4. The summed E-state index contributed by atoms with van der Waals surface area (Å²) < 4.78 is 1.01. The zero-order valence-electron chi connectivity index (χ0n) is 8.62. The van der Waals surface area contributed by atoms with Crippen LogP contribution in [-0.4, -0.2) is 5.11 Å². The van der Waals surface area contributed by atoms with Gasteiger partial charge in [0.25, 0.3) is 0 Å². The van der Waals surface area contributed by atoms with E-state index in [0.717, 1.165) is 10.0 Å². The summed E-state index contributed by atoms with van der Waals surface area (Å²) in [6.45, 7) is 7.33. The summed E-state index contributed by atoms with van der Waals surface area (Å²) in [6.07, 6.45) is 4.51. The maximum absolute atomic E-state index is 10.4.